The van der Waals surface area contributed by atoms with Crippen LogP contribution in [-0.4, -0.2) is 11.6 Å². The minimum absolute atomic E-state index is 0. The third-order valence-corrected chi connectivity index (χ3v) is 2.70. The molecule has 4 N–H and O–H groups in total. The van der Waals surface area contributed by atoms with Crippen LogP contribution in [0.15, 0.2) is 0 Å². The highest BCUT2D eigenvalue weighted by Gasteiger charge is 2.46. The Labute approximate surface area is 79.9 Å². The number of halogens is 2. The quantitative estimate of drug-likeness (QED) is 0.612. The Bertz CT molecular complexity index is 132. The van der Waals surface area contributed by atoms with Gasteiger partial charge in [0.1, 0.15) is 0 Å². The molecule has 3 fully saturated rings. The lowest BCUT2D eigenvalue weighted by Gasteiger charge is -2.52. The second-order valence-electron chi connectivity index (χ2n) is 3.84. The molecule has 1 unspecified atom stereocenters. The molecule has 0 heterocycles. The van der Waals surface area contributed by atoms with Crippen molar-refractivity contribution in [2.45, 2.75) is 37.3 Å². The normalized spacial score (nSPS) is 46.4. The van der Waals surface area contributed by atoms with Crippen LogP contribution >= 0.6 is 24.8 Å². The third kappa shape index (κ3) is 2.00. The van der Waals surface area contributed by atoms with Gasteiger partial charge in [0.15, 0.2) is 0 Å². The highest BCUT2D eigenvalue weighted by molar-refractivity contribution is 5.85. The van der Waals surface area contributed by atoms with Crippen LogP contribution in [0.3, 0.4) is 0 Å². The van der Waals surface area contributed by atoms with E-state index in [0.717, 1.165) is 12.3 Å². The molecule has 0 aromatic carbocycles. The van der Waals surface area contributed by atoms with Crippen molar-refractivity contribution in [1.82, 2.24) is 0 Å². The van der Waals surface area contributed by atoms with Gasteiger partial charge in [0, 0.05) is 11.6 Å². The first-order chi connectivity index (χ1) is 4.18. The Morgan fingerprint density at radius 1 is 1.09 bits per heavy atom. The molecule has 0 aromatic rings. The standard InChI is InChI=1S/C7H14N2.2ClH/c8-6-1-5-2-7(9,3-5)4-6;;/h5-6H,1-4,8-9H2;2*1H. The average molecular weight is 199 g/mol. The van der Waals surface area contributed by atoms with Gasteiger partial charge in [-0.3, -0.25) is 0 Å². The summed E-state index contributed by atoms with van der Waals surface area (Å²) >= 11 is 0. The summed E-state index contributed by atoms with van der Waals surface area (Å²) in [6, 6.07) is 0.405. The van der Waals surface area contributed by atoms with E-state index in [1.54, 1.807) is 0 Å². The molecule has 3 aliphatic carbocycles. The maximum atomic E-state index is 5.95. The topological polar surface area (TPSA) is 52.0 Å². The lowest BCUT2D eigenvalue weighted by atomic mass is 9.59. The Hall–Kier alpha value is 0.500. The van der Waals surface area contributed by atoms with Crippen molar-refractivity contribution >= 4 is 24.8 Å². The second kappa shape index (κ2) is 3.48. The van der Waals surface area contributed by atoms with Gasteiger partial charge >= 0.3 is 0 Å². The summed E-state index contributed by atoms with van der Waals surface area (Å²) in [7, 11) is 0. The van der Waals surface area contributed by atoms with Crippen LogP contribution in [0, 0.1) is 5.92 Å². The molecular formula is C7H16Cl2N2. The van der Waals surface area contributed by atoms with E-state index in [-0.39, 0.29) is 30.4 Å². The van der Waals surface area contributed by atoms with Gasteiger partial charge in [0.25, 0.3) is 0 Å². The number of rotatable bonds is 0. The fourth-order valence-electron chi connectivity index (χ4n) is 2.46. The molecule has 4 heteroatoms. The largest absolute Gasteiger partial charge is 0.328 e. The summed E-state index contributed by atoms with van der Waals surface area (Å²) < 4.78 is 0. The Morgan fingerprint density at radius 2 is 1.64 bits per heavy atom. The minimum Gasteiger partial charge on any atom is -0.328 e. The van der Waals surface area contributed by atoms with Crippen LogP contribution in [0.5, 0.6) is 0 Å². The molecule has 3 saturated carbocycles. The van der Waals surface area contributed by atoms with Crippen molar-refractivity contribution in [2.24, 2.45) is 17.4 Å². The van der Waals surface area contributed by atoms with Crippen molar-refractivity contribution in [1.29, 1.82) is 0 Å². The number of hydrogen-bond donors (Lipinski definition) is 2. The first-order valence-electron chi connectivity index (χ1n) is 3.72. The highest BCUT2D eigenvalue weighted by Crippen LogP contribution is 2.46. The molecule has 3 aliphatic rings. The van der Waals surface area contributed by atoms with Crippen LogP contribution in [0.25, 0.3) is 0 Å². The maximum Gasteiger partial charge on any atom is 0.0174 e. The molecule has 0 saturated heterocycles. The van der Waals surface area contributed by atoms with Crippen molar-refractivity contribution in [2.75, 3.05) is 0 Å². The molecule has 3 rings (SSSR count). The molecule has 1 atom stereocenters. The van der Waals surface area contributed by atoms with Gasteiger partial charge in [-0.05, 0) is 31.6 Å². The third-order valence-electron chi connectivity index (χ3n) is 2.70. The van der Waals surface area contributed by atoms with E-state index >= 15 is 0 Å². The summed E-state index contributed by atoms with van der Waals surface area (Å²) in [5.41, 5.74) is 11.9. The van der Waals surface area contributed by atoms with Crippen molar-refractivity contribution in [3.8, 4) is 0 Å². The zero-order valence-corrected chi connectivity index (χ0v) is 8.09. The van der Waals surface area contributed by atoms with Crippen LogP contribution in [0.1, 0.15) is 25.7 Å². The fourth-order valence-corrected chi connectivity index (χ4v) is 2.46. The number of hydrogen-bond acceptors (Lipinski definition) is 2. The van der Waals surface area contributed by atoms with Gasteiger partial charge in [-0.25, -0.2) is 0 Å². The van der Waals surface area contributed by atoms with E-state index in [1.165, 1.54) is 19.3 Å². The highest BCUT2D eigenvalue weighted by atomic mass is 35.5. The number of fused-ring (bicyclic) bond motifs is 2. The summed E-state index contributed by atoms with van der Waals surface area (Å²) in [6.07, 6.45) is 4.75. The van der Waals surface area contributed by atoms with E-state index in [0.29, 0.717) is 6.04 Å². The summed E-state index contributed by atoms with van der Waals surface area (Å²) in [6.45, 7) is 0. The molecule has 0 spiro atoms. The summed E-state index contributed by atoms with van der Waals surface area (Å²) in [5, 5.41) is 0. The first-order valence-corrected chi connectivity index (χ1v) is 3.72. The Balaban J connectivity index is 0.000000500. The smallest absolute Gasteiger partial charge is 0.0174 e. The van der Waals surface area contributed by atoms with Crippen LogP contribution < -0.4 is 11.5 Å². The fraction of sp³-hybridized carbons (Fsp3) is 1.00. The predicted octanol–water partition coefficient (Wildman–Crippen LogP) is 1.06. The first kappa shape index (κ1) is 11.5. The summed E-state index contributed by atoms with van der Waals surface area (Å²) in [4.78, 5) is 0. The molecule has 0 aliphatic heterocycles. The van der Waals surface area contributed by atoms with Crippen LogP contribution in [0.4, 0.5) is 0 Å². The van der Waals surface area contributed by atoms with Gasteiger partial charge in [0.2, 0.25) is 0 Å². The number of nitrogens with two attached hydrogens (primary N) is 2. The molecule has 0 radical (unpaired) electrons. The average Bonchev–Trinajstić information content (AvgIpc) is 1.58. The van der Waals surface area contributed by atoms with Crippen LogP contribution in [0.2, 0.25) is 0 Å². The van der Waals surface area contributed by atoms with Gasteiger partial charge < -0.3 is 11.5 Å². The van der Waals surface area contributed by atoms with E-state index in [1.807, 2.05) is 0 Å². The molecule has 68 valence electrons. The lowest BCUT2D eigenvalue weighted by Crippen LogP contribution is -2.60. The molecule has 2 bridgehead atoms. The van der Waals surface area contributed by atoms with E-state index in [4.69, 9.17) is 11.5 Å². The van der Waals surface area contributed by atoms with Crippen molar-refractivity contribution < 1.29 is 0 Å². The zero-order chi connectivity index (χ0) is 6.48. The molecule has 0 aromatic heterocycles. The van der Waals surface area contributed by atoms with Crippen LogP contribution in [-0.2, 0) is 0 Å². The van der Waals surface area contributed by atoms with E-state index in [9.17, 15) is 0 Å². The molecule has 11 heavy (non-hydrogen) atoms. The second-order valence-corrected chi connectivity index (χ2v) is 3.84. The van der Waals surface area contributed by atoms with Gasteiger partial charge in [0.05, 0.1) is 0 Å². The maximum absolute atomic E-state index is 5.95. The molecule has 0 amide bonds. The predicted molar refractivity (Wildman–Crippen MR) is 51.3 cm³/mol. The Morgan fingerprint density at radius 3 is 1.91 bits per heavy atom. The van der Waals surface area contributed by atoms with Gasteiger partial charge in [-0.2, -0.15) is 0 Å². The monoisotopic (exact) mass is 198 g/mol. The Kier molecular flexibility index (Phi) is 3.64. The zero-order valence-electron chi connectivity index (χ0n) is 6.45. The molecular weight excluding hydrogens is 183 g/mol. The van der Waals surface area contributed by atoms with Crippen molar-refractivity contribution in [3.05, 3.63) is 0 Å². The summed E-state index contributed by atoms with van der Waals surface area (Å²) in [5.74, 6) is 0.874. The van der Waals surface area contributed by atoms with Gasteiger partial charge in [-0.15, -0.1) is 24.8 Å². The van der Waals surface area contributed by atoms with E-state index < -0.39 is 0 Å². The lowest BCUT2D eigenvalue weighted by molar-refractivity contribution is 0.0639. The minimum atomic E-state index is 0. The SMILES string of the molecule is Cl.Cl.NC1CC2CC(N)(C1)C2. The molecule has 2 nitrogen and oxygen atoms in total. The van der Waals surface area contributed by atoms with Crippen molar-refractivity contribution in [3.63, 3.8) is 0 Å². The van der Waals surface area contributed by atoms with Gasteiger partial charge in [-0.1, -0.05) is 0 Å². The van der Waals surface area contributed by atoms with E-state index in [2.05, 4.69) is 0 Å².